The van der Waals surface area contributed by atoms with Crippen molar-refractivity contribution in [3.63, 3.8) is 0 Å². The van der Waals surface area contributed by atoms with Crippen molar-refractivity contribution < 1.29 is 4.74 Å². The molecule has 16 heavy (non-hydrogen) atoms. The molecular weight excluding hydrogens is 198 g/mol. The molecule has 1 aliphatic heterocycles. The van der Waals surface area contributed by atoms with Gasteiger partial charge in [-0.25, -0.2) is 0 Å². The lowest BCUT2D eigenvalue weighted by molar-refractivity contribution is -0.193. The van der Waals surface area contributed by atoms with Crippen LogP contribution in [-0.4, -0.2) is 17.4 Å². The molecule has 0 aliphatic carbocycles. The molecule has 96 valence electrons. The third-order valence-corrected chi connectivity index (χ3v) is 3.80. The average molecular weight is 227 g/mol. The second-order valence-electron chi connectivity index (χ2n) is 6.07. The maximum atomic E-state index is 6.26. The van der Waals surface area contributed by atoms with Gasteiger partial charge in [-0.2, -0.15) is 0 Å². The van der Waals surface area contributed by atoms with Gasteiger partial charge in [0, 0.05) is 5.54 Å². The number of hydrogen-bond donors (Lipinski definition) is 1. The third kappa shape index (κ3) is 2.98. The van der Waals surface area contributed by atoms with Crippen molar-refractivity contribution >= 4 is 0 Å². The standard InChI is InChI=1S/C14H29NO/c1-7-9-11(3)14(8-2)15-13(5,6)10-12(4)16-14/h11-12,15H,7-10H2,1-6H3/t11-,12+,14-/m1/s1. The SMILES string of the molecule is CCC[C@@H](C)[C@]1(CC)NC(C)(C)C[C@H](C)O1. The number of rotatable bonds is 4. The Morgan fingerprint density at radius 1 is 1.38 bits per heavy atom. The quantitative estimate of drug-likeness (QED) is 0.790. The van der Waals surface area contributed by atoms with E-state index < -0.39 is 0 Å². The minimum absolute atomic E-state index is 0.114. The predicted octanol–water partition coefficient (Wildman–Crippen LogP) is 3.71. The first kappa shape index (κ1) is 14.0. The Morgan fingerprint density at radius 2 is 2.00 bits per heavy atom. The summed E-state index contributed by atoms with van der Waals surface area (Å²) in [5, 5.41) is 3.75. The minimum Gasteiger partial charge on any atom is -0.357 e. The number of ether oxygens (including phenoxy) is 1. The summed E-state index contributed by atoms with van der Waals surface area (Å²) >= 11 is 0. The lowest BCUT2D eigenvalue weighted by atomic mass is 9.83. The maximum absolute atomic E-state index is 6.26. The summed E-state index contributed by atoms with van der Waals surface area (Å²) < 4.78 is 6.26. The van der Waals surface area contributed by atoms with Crippen LogP contribution < -0.4 is 5.32 Å². The van der Waals surface area contributed by atoms with Crippen molar-refractivity contribution in [3.8, 4) is 0 Å². The van der Waals surface area contributed by atoms with Crippen LogP contribution in [0.5, 0.6) is 0 Å². The molecule has 1 N–H and O–H groups in total. The van der Waals surface area contributed by atoms with Crippen LogP contribution in [0, 0.1) is 5.92 Å². The van der Waals surface area contributed by atoms with E-state index in [9.17, 15) is 0 Å². The second-order valence-corrected chi connectivity index (χ2v) is 6.07. The summed E-state index contributed by atoms with van der Waals surface area (Å²) in [6.45, 7) is 13.6. The highest BCUT2D eigenvalue weighted by Gasteiger charge is 2.44. The molecule has 1 saturated heterocycles. The van der Waals surface area contributed by atoms with Crippen LogP contribution in [0.3, 0.4) is 0 Å². The molecule has 0 bridgehead atoms. The minimum atomic E-state index is -0.114. The summed E-state index contributed by atoms with van der Waals surface area (Å²) in [6.07, 6.45) is 4.94. The Bertz CT molecular complexity index is 227. The second kappa shape index (κ2) is 5.05. The van der Waals surface area contributed by atoms with Crippen molar-refractivity contribution in [2.45, 2.75) is 84.6 Å². The third-order valence-electron chi connectivity index (χ3n) is 3.80. The van der Waals surface area contributed by atoms with E-state index in [1.165, 1.54) is 12.8 Å². The van der Waals surface area contributed by atoms with E-state index in [4.69, 9.17) is 4.74 Å². The Hall–Kier alpha value is -0.0800. The molecule has 1 rings (SSSR count). The molecule has 0 saturated carbocycles. The Balaban J connectivity index is 2.85. The van der Waals surface area contributed by atoms with Gasteiger partial charge in [-0.15, -0.1) is 0 Å². The van der Waals surface area contributed by atoms with Gasteiger partial charge in [-0.3, -0.25) is 5.32 Å². The molecular formula is C14H29NO. The van der Waals surface area contributed by atoms with Crippen LogP contribution in [-0.2, 0) is 4.74 Å². The molecule has 0 aromatic heterocycles. The van der Waals surface area contributed by atoms with Crippen LogP contribution in [0.2, 0.25) is 0 Å². The van der Waals surface area contributed by atoms with Crippen molar-refractivity contribution in [1.29, 1.82) is 0 Å². The van der Waals surface area contributed by atoms with Crippen LogP contribution in [0.1, 0.15) is 67.2 Å². The lowest BCUT2D eigenvalue weighted by Gasteiger charge is -2.51. The molecule has 3 atom stereocenters. The zero-order chi connectivity index (χ0) is 12.4. The van der Waals surface area contributed by atoms with Crippen molar-refractivity contribution in [2.24, 2.45) is 5.92 Å². The first-order valence-corrected chi connectivity index (χ1v) is 6.82. The van der Waals surface area contributed by atoms with Crippen molar-refractivity contribution in [1.82, 2.24) is 5.32 Å². The highest BCUT2D eigenvalue weighted by atomic mass is 16.5. The fraction of sp³-hybridized carbons (Fsp3) is 1.00. The van der Waals surface area contributed by atoms with E-state index in [0.29, 0.717) is 12.0 Å². The smallest absolute Gasteiger partial charge is 0.122 e. The molecule has 0 spiro atoms. The lowest BCUT2D eigenvalue weighted by Crippen LogP contribution is -2.65. The summed E-state index contributed by atoms with van der Waals surface area (Å²) in [6, 6.07) is 0. The summed E-state index contributed by atoms with van der Waals surface area (Å²) in [7, 11) is 0. The van der Waals surface area contributed by atoms with E-state index >= 15 is 0 Å². The van der Waals surface area contributed by atoms with Gasteiger partial charge in [-0.1, -0.05) is 27.2 Å². The van der Waals surface area contributed by atoms with Crippen LogP contribution in [0.15, 0.2) is 0 Å². The highest BCUT2D eigenvalue weighted by Crippen LogP contribution is 2.36. The highest BCUT2D eigenvalue weighted by molar-refractivity contribution is 4.96. The van der Waals surface area contributed by atoms with Crippen LogP contribution >= 0.6 is 0 Å². The van der Waals surface area contributed by atoms with Gasteiger partial charge in [0.2, 0.25) is 0 Å². The van der Waals surface area contributed by atoms with Gasteiger partial charge < -0.3 is 4.74 Å². The largest absolute Gasteiger partial charge is 0.357 e. The number of nitrogens with one attached hydrogen (secondary N) is 1. The molecule has 0 radical (unpaired) electrons. The average Bonchev–Trinajstić information content (AvgIpc) is 2.14. The van der Waals surface area contributed by atoms with Crippen LogP contribution in [0.25, 0.3) is 0 Å². The van der Waals surface area contributed by atoms with Gasteiger partial charge in [0.1, 0.15) is 5.72 Å². The Kier molecular flexibility index (Phi) is 4.42. The molecule has 1 fully saturated rings. The van der Waals surface area contributed by atoms with E-state index in [-0.39, 0.29) is 11.3 Å². The van der Waals surface area contributed by atoms with Crippen molar-refractivity contribution in [3.05, 3.63) is 0 Å². The fourth-order valence-electron chi connectivity index (χ4n) is 3.20. The molecule has 0 unspecified atom stereocenters. The maximum Gasteiger partial charge on any atom is 0.122 e. The molecule has 0 aromatic carbocycles. The summed E-state index contributed by atoms with van der Waals surface area (Å²) in [5.41, 5.74) is 0.0762. The summed E-state index contributed by atoms with van der Waals surface area (Å²) in [5.74, 6) is 0.574. The van der Waals surface area contributed by atoms with Crippen LogP contribution in [0.4, 0.5) is 0 Å². The summed E-state index contributed by atoms with van der Waals surface area (Å²) in [4.78, 5) is 0. The first-order chi connectivity index (χ1) is 7.35. The van der Waals surface area contributed by atoms with E-state index in [1.807, 2.05) is 0 Å². The zero-order valence-corrected chi connectivity index (χ0v) is 11.9. The number of hydrogen-bond acceptors (Lipinski definition) is 2. The molecule has 2 nitrogen and oxygen atoms in total. The molecule has 0 aromatic rings. The normalized spacial score (nSPS) is 36.0. The zero-order valence-electron chi connectivity index (χ0n) is 11.9. The van der Waals surface area contributed by atoms with Gasteiger partial charge in [-0.05, 0) is 46.0 Å². The predicted molar refractivity (Wildman–Crippen MR) is 69.5 cm³/mol. The van der Waals surface area contributed by atoms with Gasteiger partial charge in [0.05, 0.1) is 6.10 Å². The topological polar surface area (TPSA) is 21.3 Å². The monoisotopic (exact) mass is 227 g/mol. The Labute approximate surface area is 101 Å². The van der Waals surface area contributed by atoms with E-state index in [2.05, 4.69) is 46.9 Å². The van der Waals surface area contributed by atoms with Gasteiger partial charge in [0.15, 0.2) is 0 Å². The first-order valence-electron chi connectivity index (χ1n) is 6.82. The molecule has 0 amide bonds. The molecule has 1 heterocycles. The fourth-order valence-corrected chi connectivity index (χ4v) is 3.20. The Morgan fingerprint density at radius 3 is 2.44 bits per heavy atom. The van der Waals surface area contributed by atoms with Crippen molar-refractivity contribution in [2.75, 3.05) is 0 Å². The van der Waals surface area contributed by atoms with E-state index in [1.54, 1.807) is 0 Å². The van der Waals surface area contributed by atoms with E-state index in [0.717, 1.165) is 12.8 Å². The molecule has 1 aliphatic rings. The van der Waals surface area contributed by atoms with Gasteiger partial charge in [0.25, 0.3) is 0 Å². The molecule has 2 heteroatoms. The van der Waals surface area contributed by atoms with Gasteiger partial charge >= 0.3 is 0 Å².